The Kier molecular flexibility index (Phi) is 7.22. The lowest BCUT2D eigenvalue weighted by Gasteiger charge is -2.32. The number of hydrogen-bond acceptors (Lipinski definition) is 7. The lowest BCUT2D eigenvalue weighted by molar-refractivity contribution is -0.153. The van der Waals surface area contributed by atoms with E-state index in [2.05, 4.69) is 13.0 Å². The molecule has 1 aromatic rings. The number of esters is 1. The van der Waals surface area contributed by atoms with Crippen molar-refractivity contribution < 1.29 is 23.9 Å². The van der Waals surface area contributed by atoms with Gasteiger partial charge < -0.3 is 20.1 Å². The molecular formula is C25H29N3O5. The summed E-state index contributed by atoms with van der Waals surface area (Å²) in [5, 5.41) is 10.4. The van der Waals surface area contributed by atoms with E-state index in [1.807, 2.05) is 0 Å². The molecule has 0 spiro atoms. The van der Waals surface area contributed by atoms with Crippen LogP contribution in [0.25, 0.3) is 0 Å². The van der Waals surface area contributed by atoms with Crippen molar-refractivity contribution in [1.29, 1.82) is 5.26 Å². The SMILES string of the molecule is CCCCOc1ccc([C@H]2[C@H](C(N)=O)N3C=C(C(C)=O)C=C[C@H]3[C@]2(C#N)C(=O)OCC)cc1. The molecule has 8 nitrogen and oxygen atoms in total. The van der Waals surface area contributed by atoms with Crippen LogP contribution in [0.3, 0.4) is 0 Å². The minimum atomic E-state index is -1.74. The Labute approximate surface area is 193 Å². The van der Waals surface area contributed by atoms with Gasteiger partial charge >= 0.3 is 5.97 Å². The summed E-state index contributed by atoms with van der Waals surface area (Å²) < 4.78 is 11.0. The van der Waals surface area contributed by atoms with Crippen molar-refractivity contribution in [1.82, 2.24) is 4.90 Å². The van der Waals surface area contributed by atoms with Gasteiger partial charge in [-0.2, -0.15) is 5.26 Å². The molecule has 0 aliphatic carbocycles. The van der Waals surface area contributed by atoms with Gasteiger partial charge in [0.1, 0.15) is 11.8 Å². The number of primary amides is 1. The first-order valence-corrected chi connectivity index (χ1v) is 11.1. The molecule has 0 radical (unpaired) electrons. The highest BCUT2D eigenvalue weighted by Gasteiger charge is 2.66. The standard InChI is InChI=1S/C25H29N3O5/c1-4-6-13-33-19-10-7-17(8-11-19)21-22(23(27)30)28-14-18(16(3)29)9-12-20(28)25(21,15-26)24(31)32-5-2/h7-12,14,20-22H,4-6,13H2,1-3H3,(H2,27,30)/t20-,21-,22+,25-/m0/s1. The Bertz CT molecular complexity index is 1020. The maximum absolute atomic E-state index is 13.3. The number of carbonyl (C=O) groups is 3. The van der Waals surface area contributed by atoms with Crippen LogP contribution in [-0.2, 0) is 19.1 Å². The van der Waals surface area contributed by atoms with Crippen LogP contribution in [0.4, 0.5) is 0 Å². The zero-order valence-corrected chi connectivity index (χ0v) is 19.1. The molecule has 4 atom stereocenters. The molecule has 8 heteroatoms. The molecule has 2 aliphatic heterocycles. The van der Waals surface area contributed by atoms with E-state index >= 15 is 0 Å². The fraction of sp³-hybridized carbons (Fsp3) is 0.440. The number of amides is 1. The molecular weight excluding hydrogens is 422 g/mol. The number of nitriles is 1. The van der Waals surface area contributed by atoms with Crippen LogP contribution in [0.5, 0.6) is 5.75 Å². The van der Waals surface area contributed by atoms with E-state index in [9.17, 15) is 19.6 Å². The first-order valence-electron chi connectivity index (χ1n) is 11.1. The van der Waals surface area contributed by atoms with Gasteiger partial charge in [0.15, 0.2) is 11.2 Å². The smallest absolute Gasteiger partial charge is 0.329 e. The third kappa shape index (κ3) is 4.23. The fourth-order valence-corrected chi connectivity index (χ4v) is 4.57. The molecule has 2 heterocycles. The topological polar surface area (TPSA) is 123 Å². The van der Waals surface area contributed by atoms with E-state index < -0.39 is 35.3 Å². The van der Waals surface area contributed by atoms with E-state index in [0.717, 1.165) is 12.8 Å². The zero-order valence-electron chi connectivity index (χ0n) is 19.1. The number of ether oxygens (including phenoxy) is 2. The average Bonchev–Trinajstić information content (AvgIpc) is 3.10. The average molecular weight is 452 g/mol. The van der Waals surface area contributed by atoms with Crippen LogP contribution in [0.15, 0.2) is 48.2 Å². The quantitative estimate of drug-likeness (QED) is 0.452. The molecule has 1 fully saturated rings. The fourth-order valence-electron chi connectivity index (χ4n) is 4.57. The van der Waals surface area contributed by atoms with Gasteiger partial charge in [0, 0.05) is 17.7 Å². The predicted octanol–water partition coefficient (Wildman–Crippen LogP) is 2.60. The van der Waals surface area contributed by atoms with E-state index in [4.69, 9.17) is 15.2 Å². The molecule has 0 saturated carbocycles. The Morgan fingerprint density at radius 3 is 2.45 bits per heavy atom. The summed E-state index contributed by atoms with van der Waals surface area (Å²) in [5.41, 5.74) is 5.00. The van der Waals surface area contributed by atoms with Crippen molar-refractivity contribution in [3.63, 3.8) is 0 Å². The number of hydrogen-bond donors (Lipinski definition) is 1. The molecule has 0 unspecified atom stereocenters. The lowest BCUT2D eigenvalue weighted by atomic mass is 9.68. The molecule has 1 amide bonds. The van der Waals surface area contributed by atoms with E-state index in [0.29, 0.717) is 23.5 Å². The van der Waals surface area contributed by atoms with Crippen LogP contribution >= 0.6 is 0 Å². The Hall–Kier alpha value is -3.60. The maximum Gasteiger partial charge on any atom is 0.329 e. The number of fused-ring (bicyclic) bond motifs is 1. The van der Waals surface area contributed by atoms with Gasteiger partial charge in [0.05, 0.1) is 25.3 Å². The number of unbranched alkanes of at least 4 members (excludes halogenated alkanes) is 1. The predicted molar refractivity (Wildman–Crippen MR) is 121 cm³/mol. The maximum atomic E-state index is 13.3. The Morgan fingerprint density at radius 1 is 1.21 bits per heavy atom. The Morgan fingerprint density at radius 2 is 1.91 bits per heavy atom. The molecule has 1 saturated heterocycles. The van der Waals surface area contributed by atoms with Gasteiger partial charge in [-0.05, 0) is 38.0 Å². The van der Waals surface area contributed by atoms with E-state index in [1.54, 1.807) is 48.2 Å². The second-order valence-electron chi connectivity index (χ2n) is 8.19. The first-order chi connectivity index (χ1) is 15.8. The van der Waals surface area contributed by atoms with Crippen LogP contribution in [0.2, 0.25) is 0 Å². The number of allylic oxidation sites excluding steroid dienone is 2. The van der Waals surface area contributed by atoms with Gasteiger partial charge in [-0.3, -0.25) is 14.4 Å². The largest absolute Gasteiger partial charge is 0.494 e. The monoisotopic (exact) mass is 451 g/mol. The number of carbonyl (C=O) groups excluding carboxylic acids is 3. The summed E-state index contributed by atoms with van der Waals surface area (Å²) in [5.74, 6) is -1.91. The molecule has 2 N–H and O–H groups in total. The zero-order chi connectivity index (χ0) is 24.2. The third-order valence-corrected chi connectivity index (χ3v) is 6.16. The molecule has 1 aromatic carbocycles. The van der Waals surface area contributed by atoms with Gasteiger partial charge in [0.2, 0.25) is 5.91 Å². The number of Topliss-reactive ketones (excluding diaryl/α,β-unsaturated/α-hetero) is 1. The lowest BCUT2D eigenvalue weighted by Crippen LogP contribution is -2.45. The number of nitrogens with two attached hydrogens (primary N) is 1. The van der Waals surface area contributed by atoms with Gasteiger partial charge in [-0.25, -0.2) is 0 Å². The number of ketones is 1. The highest BCUT2D eigenvalue weighted by Crippen LogP contribution is 2.53. The minimum absolute atomic E-state index is 0.0748. The normalized spacial score (nSPS) is 25.6. The molecule has 33 heavy (non-hydrogen) atoms. The Balaban J connectivity index is 2.14. The van der Waals surface area contributed by atoms with Crippen LogP contribution in [-0.4, -0.2) is 47.9 Å². The minimum Gasteiger partial charge on any atom is -0.494 e. The summed E-state index contributed by atoms with van der Waals surface area (Å²) in [6.07, 6.45) is 6.61. The van der Waals surface area contributed by atoms with E-state index in [-0.39, 0.29) is 12.4 Å². The van der Waals surface area contributed by atoms with Crippen molar-refractivity contribution in [3.8, 4) is 11.8 Å². The molecule has 174 valence electrons. The summed E-state index contributed by atoms with van der Waals surface area (Å²) in [7, 11) is 0. The molecule has 0 bridgehead atoms. The number of rotatable bonds is 9. The number of benzene rings is 1. The van der Waals surface area contributed by atoms with Crippen molar-refractivity contribution in [3.05, 3.63) is 53.8 Å². The van der Waals surface area contributed by atoms with Gasteiger partial charge in [-0.1, -0.05) is 37.6 Å². The highest BCUT2D eigenvalue weighted by molar-refractivity contribution is 5.97. The van der Waals surface area contributed by atoms with Crippen LogP contribution in [0.1, 0.15) is 45.1 Å². The van der Waals surface area contributed by atoms with Crippen LogP contribution in [0, 0.1) is 16.7 Å². The van der Waals surface area contributed by atoms with Gasteiger partial charge in [0.25, 0.3) is 0 Å². The molecule has 3 rings (SSSR count). The van der Waals surface area contributed by atoms with Crippen molar-refractivity contribution >= 4 is 17.7 Å². The summed E-state index contributed by atoms with van der Waals surface area (Å²) in [6, 6.07) is 7.29. The summed E-state index contributed by atoms with van der Waals surface area (Å²) in [4.78, 5) is 39.5. The first kappa shape index (κ1) is 24.1. The second-order valence-corrected chi connectivity index (χ2v) is 8.19. The number of nitrogens with zero attached hydrogens (tertiary/aromatic N) is 2. The molecule has 2 aliphatic rings. The molecule has 0 aromatic heterocycles. The van der Waals surface area contributed by atoms with Crippen molar-refractivity contribution in [2.45, 2.75) is 51.6 Å². The van der Waals surface area contributed by atoms with Crippen LogP contribution < -0.4 is 10.5 Å². The van der Waals surface area contributed by atoms with Crippen molar-refractivity contribution in [2.75, 3.05) is 13.2 Å². The van der Waals surface area contributed by atoms with E-state index in [1.165, 1.54) is 13.1 Å². The van der Waals surface area contributed by atoms with Crippen molar-refractivity contribution in [2.24, 2.45) is 11.1 Å². The highest BCUT2D eigenvalue weighted by atomic mass is 16.5. The summed E-state index contributed by atoms with van der Waals surface area (Å²) in [6.45, 7) is 5.79. The summed E-state index contributed by atoms with van der Waals surface area (Å²) >= 11 is 0. The second kappa shape index (κ2) is 9.90. The van der Waals surface area contributed by atoms with Gasteiger partial charge in [-0.15, -0.1) is 0 Å². The third-order valence-electron chi connectivity index (χ3n) is 6.16.